The number of carbonyl (C=O) groups is 1. The van der Waals surface area contributed by atoms with Gasteiger partial charge in [-0.15, -0.1) is 0 Å². The highest BCUT2D eigenvalue weighted by molar-refractivity contribution is 9.10. The Balaban J connectivity index is 2.35. The molecular weight excluding hydrogens is 408 g/mol. The van der Waals surface area contributed by atoms with Crippen LogP contribution in [0.3, 0.4) is 0 Å². The van der Waals surface area contributed by atoms with Crippen molar-refractivity contribution in [1.82, 2.24) is 4.90 Å². The van der Waals surface area contributed by atoms with Gasteiger partial charge in [-0.2, -0.15) is 5.26 Å². The SMILES string of the molecule is CCOc1cc(/C=C(/C#N)C(=O)N(C)C)cc(Br)c1OCc1ccccc1. The molecule has 0 bridgehead atoms. The van der Waals surface area contributed by atoms with Gasteiger partial charge in [0.15, 0.2) is 11.5 Å². The molecule has 6 heteroatoms. The molecule has 0 saturated carbocycles. The second-order valence-corrected chi connectivity index (χ2v) is 6.76. The van der Waals surface area contributed by atoms with Gasteiger partial charge in [0, 0.05) is 14.1 Å². The van der Waals surface area contributed by atoms with Crippen LogP contribution in [-0.2, 0) is 11.4 Å². The molecule has 0 aliphatic heterocycles. The highest BCUT2D eigenvalue weighted by atomic mass is 79.9. The highest BCUT2D eigenvalue weighted by Gasteiger charge is 2.15. The fraction of sp³-hybridized carbons (Fsp3) is 0.238. The lowest BCUT2D eigenvalue weighted by Gasteiger charge is -2.15. The van der Waals surface area contributed by atoms with E-state index in [9.17, 15) is 10.1 Å². The second kappa shape index (κ2) is 9.79. The monoisotopic (exact) mass is 428 g/mol. The summed E-state index contributed by atoms with van der Waals surface area (Å²) in [6.07, 6.45) is 1.54. The van der Waals surface area contributed by atoms with Gasteiger partial charge in [0.1, 0.15) is 18.2 Å². The summed E-state index contributed by atoms with van der Waals surface area (Å²) in [5, 5.41) is 9.28. The molecule has 0 aliphatic carbocycles. The molecule has 0 unspecified atom stereocenters. The maximum atomic E-state index is 12.1. The van der Waals surface area contributed by atoms with Gasteiger partial charge in [0.2, 0.25) is 0 Å². The van der Waals surface area contributed by atoms with Crippen LogP contribution in [0.2, 0.25) is 0 Å². The number of carbonyl (C=O) groups excluding carboxylic acids is 1. The molecule has 0 N–H and O–H groups in total. The van der Waals surface area contributed by atoms with E-state index in [2.05, 4.69) is 15.9 Å². The van der Waals surface area contributed by atoms with Crippen LogP contribution in [-0.4, -0.2) is 31.5 Å². The third kappa shape index (κ3) is 5.60. The first-order valence-corrected chi connectivity index (χ1v) is 9.22. The molecule has 0 spiro atoms. The number of benzene rings is 2. The van der Waals surface area contributed by atoms with Crippen molar-refractivity contribution in [1.29, 1.82) is 5.26 Å². The maximum absolute atomic E-state index is 12.1. The zero-order valence-corrected chi connectivity index (χ0v) is 17.1. The van der Waals surface area contributed by atoms with E-state index in [0.717, 1.165) is 5.56 Å². The van der Waals surface area contributed by atoms with E-state index >= 15 is 0 Å². The minimum Gasteiger partial charge on any atom is -0.490 e. The predicted molar refractivity (Wildman–Crippen MR) is 108 cm³/mol. The Morgan fingerprint density at radius 2 is 1.93 bits per heavy atom. The molecule has 0 heterocycles. The van der Waals surface area contributed by atoms with E-state index in [1.165, 1.54) is 11.0 Å². The van der Waals surface area contributed by atoms with Crippen molar-refractivity contribution in [3.63, 3.8) is 0 Å². The lowest BCUT2D eigenvalue weighted by molar-refractivity contribution is -0.124. The number of nitrogens with zero attached hydrogens (tertiary/aromatic N) is 2. The molecule has 27 heavy (non-hydrogen) atoms. The van der Waals surface area contributed by atoms with Crippen LogP contribution in [0.1, 0.15) is 18.1 Å². The van der Waals surface area contributed by atoms with Crippen molar-refractivity contribution in [2.24, 2.45) is 0 Å². The van der Waals surface area contributed by atoms with E-state index < -0.39 is 0 Å². The largest absolute Gasteiger partial charge is 0.490 e. The van der Waals surface area contributed by atoms with Gasteiger partial charge >= 0.3 is 0 Å². The third-order valence-corrected chi connectivity index (χ3v) is 4.21. The Hall–Kier alpha value is -2.78. The molecule has 2 aromatic carbocycles. The zero-order valence-electron chi connectivity index (χ0n) is 15.5. The molecule has 2 rings (SSSR count). The van der Waals surface area contributed by atoms with E-state index in [4.69, 9.17) is 9.47 Å². The first-order valence-electron chi connectivity index (χ1n) is 8.42. The lowest BCUT2D eigenvalue weighted by atomic mass is 10.1. The molecule has 0 atom stereocenters. The topological polar surface area (TPSA) is 62.6 Å². The Bertz CT molecular complexity index is 871. The minimum absolute atomic E-state index is 0.0484. The van der Waals surface area contributed by atoms with Crippen LogP contribution in [0.4, 0.5) is 0 Å². The molecule has 0 saturated heterocycles. The molecule has 5 nitrogen and oxygen atoms in total. The number of hydrogen-bond acceptors (Lipinski definition) is 4. The molecule has 140 valence electrons. The summed E-state index contributed by atoms with van der Waals surface area (Å²) in [7, 11) is 3.21. The van der Waals surface area contributed by atoms with Gasteiger partial charge in [-0.1, -0.05) is 30.3 Å². The smallest absolute Gasteiger partial charge is 0.264 e. The van der Waals surface area contributed by atoms with Gasteiger partial charge in [-0.25, -0.2) is 0 Å². The Kier molecular flexibility index (Phi) is 7.44. The Labute approximate surface area is 167 Å². The fourth-order valence-corrected chi connectivity index (χ4v) is 2.93. The van der Waals surface area contributed by atoms with Crippen molar-refractivity contribution in [2.75, 3.05) is 20.7 Å². The summed E-state index contributed by atoms with van der Waals surface area (Å²) in [6.45, 7) is 2.74. The van der Waals surface area contributed by atoms with E-state index in [1.807, 2.05) is 43.3 Å². The van der Waals surface area contributed by atoms with E-state index in [1.54, 1.807) is 26.2 Å². The average Bonchev–Trinajstić information content (AvgIpc) is 2.66. The van der Waals surface area contributed by atoms with Crippen molar-refractivity contribution in [3.05, 3.63) is 63.6 Å². The lowest BCUT2D eigenvalue weighted by Crippen LogP contribution is -2.22. The second-order valence-electron chi connectivity index (χ2n) is 5.91. The third-order valence-electron chi connectivity index (χ3n) is 3.63. The van der Waals surface area contributed by atoms with Gasteiger partial charge < -0.3 is 14.4 Å². The van der Waals surface area contributed by atoms with Crippen LogP contribution in [0.25, 0.3) is 6.08 Å². The summed E-state index contributed by atoms with van der Waals surface area (Å²) in [6, 6.07) is 15.3. The van der Waals surface area contributed by atoms with Crippen LogP contribution in [0.5, 0.6) is 11.5 Å². The predicted octanol–water partition coefficient (Wildman–Crippen LogP) is 4.42. The number of likely N-dealkylation sites (N-methyl/N-ethyl adjacent to an activating group) is 1. The summed E-state index contributed by atoms with van der Waals surface area (Å²) < 4.78 is 12.3. The van der Waals surface area contributed by atoms with Crippen LogP contribution in [0, 0.1) is 11.3 Å². The molecule has 0 aromatic heterocycles. The Morgan fingerprint density at radius 3 is 2.52 bits per heavy atom. The van der Waals surface area contributed by atoms with Gasteiger partial charge in [-0.05, 0) is 52.2 Å². The quantitative estimate of drug-likeness (QED) is 0.483. The number of ether oxygens (including phenoxy) is 2. The summed E-state index contributed by atoms with van der Waals surface area (Å²) in [5.74, 6) is 0.773. The Morgan fingerprint density at radius 1 is 1.22 bits per heavy atom. The number of nitriles is 1. The van der Waals surface area contributed by atoms with Gasteiger partial charge in [0.25, 0.3) is 5.91 Å². The molecule has 2 aromatic rings. The molecule has 1 amide bonds. The number of amides is 1. The number of halogens is 1. The highest BCUT2D eigenvalue weighted by Crippen LogP contribution is 2.38. The zero-order chi connectivity index (χ0) is 19.8. The minimum atomic E-state index is -0.351. The summed E-state index contributed by atoms with van der Waals surface area (Å²) >= 11 is 3.51. The maximum Gasteiger partial charge on any atom is 0.264 e. The first-order chi connectivity index (χ1) is 13.0. The molecule has 0 radical (unpaired) electrons. The van der Waals surface area contributed by atoms with E-state index in [0.29, 0.717) is 34.7 Å². The average molecular weight is 429 g/mol. The summed E-state index contributed by atoms with van der Waals surface area (Å²) in [4.78, 5) is 13.4. The molecule has 0 fully saturated rings. The molecular formula is C21H21BrN2O3. The summed E-state index contributed by atoms with van der Waals surface area (Å²) in [5.41, 5.74) is 1.76. The fourth-order valence-electron chi connectivity index (χ4n) is 2.35. The van der Waals surface area contributed by atoms with E-state index in [-0.39, 0.29) is 11.5 Å². The van der Waals surface area contributed by atoms with Crippen LogP contribution in [0.15, 0.2) is 52.5 Å². The molecule has 0 aliphatic rings. The van der Waals surface area contributed by atoms with Crippen molar-refractivity contribution in [2.45, 2.75) is 13.5 Å². The normalized spacial score (nSPS) is 10.9. The van der Waals surface area contributed by atoms with Crippen molar-refractivity contribution < 1.29 is 14.3 Å². The van der Waals surface area contributed by atoms with Crippen LogP contribution >= 0.6 is 15.9 Å². The van der Waals surface area contributed by atoms with Crippen LogP contribution < -0.4 is 9.47 Å². The standard InChI is InChI=1S/C21H21BrN2O3/c1-4-26-19-12-16(10-17(13-23)21(25)24(2)3)11-18(22)20(19)27-14-15-8-6-5-7-9-15/h5-12H,4,14H2,1-3H3/b17-10-. The van der Waals surface area contributed by atoms with Gasteiger partial charge in [-0.3, -0.25) is 4.79 Å². The van der Waals surface area contributed by atoms with Crippen molar-refractivity contribution in [3.8, 4) is 17.6 Å². The number of hydrogen-bond donors (Lipinski definition) is 0. The van der Waals surface area contributed by atoms with Gasteiger partial charge in [0.05, 0.1) is 11.1 Å². The number of rotatable bonds is 7. The first kappa shape index (κ1) is 20.5. The van der Waals surface area contributed by atoms with Crippen molar-refractivity contribution >= 4 is 27.9 Å².